The van der Waals surface area contributed by atoms with Crippen LogP contribution >= 0.6 is 0 Å². The Labute approximate surface area is 135 Å². The number of aliphatic hydroxyl groups is 1. The second-order valence-electron chi connectivity index (χ2n) is 5.23. The molecule has 1 nitrogen and oxygen atoms in total. The molecule has 0 saturated carbocycles. The van der Waals surface area contributed by atoms with E-state index in [0.29, 0.717) is 12.1 Å². The molecular formula is C17H16F6O. The van der Waals surface area contributed by atoms with Crippen molar-refractivity contribution in [2.75, 3.05) is 0 Å². The van der Waals surface area contributed by atoms with Crippen LogP contribution in [0.4, 0.5) is 26.3 Å². The Balaban J connectivity index is 0.000000341. The van der Waals surface area contributed by atoms with Gasteiger partial charge >= 0.3 is 12.4 Å². The normalized spacial score (nSPS) is 12.4. The van der Waals surface area contributed by atoms with Crippen molar-refractivity contribution in [1.82, 2.24) is 0 Å². The van der Waals surface area contributed by atoms with Gasteiger partial charge in [-0.25, -0.2) is 0 Å². The first-order valence-electron chi connectivity index (χ1n) is 6.84. The first-order valence-corrected chi connectivity index (χ1v) is 6.84. The monoisotopic (exact) mass is 350 g/mol. The van der Waals surface area contributed by atoms with E-state index in [0.717, 1.165) is 6.07 Å². The molecule has 2 aromatic rings. The van der Waals surface area contributed by atoms with Gasteiger partial charge in [0.05, 0.1) is 0 Å². The van der Waals surface area contributed by atoms with Crippen LogP contribution in [0.5, 0.6) is 0 Å². The van der Waals surface area contributed by atoms with Gasteiger partial charge in [0.1, 0.15) is 0 Å². The van der Waals surface area contributed by atoms with Crippen molar-refractivity contribution >= 4 is 0 Å². The largest absolute Gasteiger partial charge is 0.430 e. The Morgan fingerprint density at radius 1 is 0.667 bits per heavy atom. The molecule has 0 aromatic heterocycles. The van der Waals surface area contributed by atoms with Gasteiger partial charge in [0.15, 0.2) is 0 Å². The topological polar surface area (TPSA) is 20.2 Å². The minimum Gasteiger partial charge on any atom is -0.369 e. The van der Waals surface area contributed by atoms with E-state index in [-0.39, 0.29) is 5.56 Å². The van der Waals surface area contributed by atoms with Crippen LogP contribution in [-0.4, -0.2) is 17.5 Å². The minimum atomic E-state index is -5.83. The molecule has 0 heterocycles. The average Bonchev–Trinajstić information content (AvgIpc) is 2.45. The first kappa shape index (κ1) is 20.0. The SMILES string of the molecule is Cc1cccc(C(O)(C(F)(F)F)C(F)(F)F)c1.Cc1ccccc1. The fourth-order valence-electron chi connectivity index (χ4n) is 1.89. The number of rotatable bonds is 1. The van der Waals surface area contributed by atoms with Gasteiger partial charge in [0.2, 0.25) is 0 Å². The van der Waals surface area contributed by atoms with Gasteiger partial charge in [-0.1, -0.05) is 65.7 Å². The summed E-state index contributed by atoms with van der Waals surface area (Å²) in [7, 11) is 0. The summed E-state index contributed by atoms with van der Waals surface area (Å²) >= 11 is 0. The summed E-state index contributed by atoms with van der Waals surface area (Å²) in [6.45, 7) is 3.41. The molecule has 0 radical (unpaired) electrons. The average molecular weight is 350 g/mol. The van der Waals surface area contributed by atoms with E-state index >= 15 is 0 Å². The van der Waals surface area contributed by atoms with Crippen LogP contribution in [0.3, 0.4) is 0 Å². The molecule has 1 N–H and O–H groups in total. The fraction of sp³-hybridized carbons (Fsp3) is 0.294. The van der Waals surface area contributed by atoms with Crippen LogP contribution in [0.15, 0.2) is 54.6 Å². The van der Waals surface area contributed by atoms with E-state index in [4.69, 9.17) is 5.11 Å². The van der Waals surface area contributed by atoms with Gasteiger partial charge in [0.25, 0.3) is 5.60 Å². The number of alkyl halides is 6. The lowest BCUT2D eigenvalue weighted by atomic mass is 9.91. The van der Waals surface area contributed by atoms with E-state index in [1.165, 1.54) is 18.6 Å². The van der Waals surface area contributed by atoms with Crippen LogP contribution in [0.25, 0.3) is 0 Å². The Hall–Kier alpha value is -2.02. The molecule has 0 aliphatic rings. The van der Waals surface area contributed by atoms with E-state index in [1.807, 2.05) is 18.2 Å². The van der Waals surface area contributed by atoms with Gasteiger partial charge in [-0.2, -0.15) is 26.3 Å². The predicted molar refractivity (Wildman–Crippen MR) is 78.4 cm³/mol. The van der Waals surface area contributed by atoms with E-state index < -0.39 is 23.5 Å². The van der Waals surface area contributed by atoms with Gasteiger partial charge in [-0.15, -0.1) is 0 Å². The van der Waals surface area contributed by atoms with Crippen molar-refractivity contribution in [3.05, 3.63) is 71.3 Å². The highest BCUT2D eigenvalue weighted by molar-refractivity contribution is 5.30. The van der Waals surface area contributed by atoms with Crippen LogP contribution in [0, 0.1) is 13.8 Å². The van der Waals surface area contributed by atoms with Crippen LogP contribution < -0.4 is 0 Å². The van der Waals surface area contributed by atoms with Crippen LogP contribution in [0.2, 0.25) is 0 Å². The summed E-state index contributed by atoms with van der Waals surface area (Å²) in [5.41, 5.74) is -4.57. The smallest absolute Gasteiger partial charge is 0.369 e. The summed E-state index contributed by atoms with van der Waals surface area (Å²) in [5.74, 6) is 0. The molecular weight excluding hydrogens is 334 g/mol. The zero-order valence-electron chi connectivity index (χ0n) is 12.9. The molecule has 2 rings (SSSR count). The maximum atomic E-state index is 12.4. The third kappa shape index (κ3) is 4.50. The van der Waals surface area contributed by atoms with Crippen molar-refractivity contribution in [3.8, 4) is 0 Å². The lowest BCUT2D eigenvalue weighted by molar-refractivity contribution is -0.376. The second-order valence-corrected chi connectivity index (χ2v) is 5.23. The molecule has 0 spiro atoms. The van der Waals surface area contributed by atoms with Crippen LogP contribution in [-0.2, 0) is 5.60 Å². The lowest BCUT2D eigenvalue weighted by Crippen LogP contribution is -2.53. The number of hydrogen-bond donors (Lipinski definition) is 1. The molecule has 0 amide bonds. The maximum absolute atomic E-state index is 12.4. The van der Waals surface area contributed by atoms with Crippen molar-refractivity contribution < 1.29 is 31.4 Å². The number of benzene rings is 2. The van der Waals surface area contributed by atoms with Crippen molar-refractivity contribution in [3.63, 3.8) is 0 Å². The summed E-state index contributed by atoms with van der Waals surface area (Å²) in [6, 6.07) is 13.9. The van der Waals surface area contributed by atoms with E-state index in [2.05, 4.69) is 19.1 Å². The quantitative estimate of drug-likeness (QED) is 0.692. The highest BCUT2D eigenvalue weighted by atomic mass is 19.4. The van der Waals surface area contributed by atoms with Gasteiger partial charge in [-0.3, -0.25) is 0 Å². The molecule has 24 heavy (non-hydrogen) atoms. The summed E-state index contributed by atoms with van der Waals surface area (Å²) in [6.07, 6.45) is -11.7. The summed E-state index contributed by atoms with van der Waals surface area (Å²) in [5, 5.41) is 9.03. The molecule has 0 atom stereocenters. The highest BCUT2D eigenvalue weighted by Crippen LogP contribution is 2.49. The molecule has 0 aliphatic carbocycles. The molecule has 2 aromatic carbocycles. The second kappa shape index (κ2) is 7.25. The Bertz CT molecular complexity index is 632. The molecule has 0 unspecified atom stereocenters. The van der Waals surface area contributed by atoms with E-state index in [1.54, 1.807) is 0 Å². The minimum absolute atomic E-state index is 0.189. The van der Waals surface area contributed by atoms with Gasteiger partial charge in [0, 0.05) is 5.56 Å². The molecule has 7 heteroatoms. The maximum Gasteiger partial charge on any atom is 0.430 e. The Kier molecular flexibility index (Phi) is 6.05. The zero-order chi connectivity index (χ0) is 18.6. The molecule has 0 aliphatic heterocycles. The zero-order valence-corrected chi connectivity index (χ0v) is 12.9. The molecule has 0 saturated heterocycles. The molecule has 0 bridgehead atoms. The third-order valence-corrected chi connectivity index (χ3v) is 3.20. The molecule has 0 fully saturated rings. The van der Waals surface area contributed by atoms with Crippen molar-refractivity contribution in [2.45, 2.75) is 31.8 Å². The lowest BCUT2D eigenvalue weighted by Gasteiger charge is -2.32. The number of aryl methyl sites for hydroxylation is 2. The Morgan fingerprint density at radius 3 is 1.46 bits per heavy atom. The third-order valence-electron chi connectivity index (χ3n) is 3.20. The van der Waals surface area contributed by atoms with E-state index in [9.17, 15) is 26.3 Å². The fourth-order valence-corrected chi connectivity index (χ4v) is 1.89. The molecule has 132 valence electrons. The van der Waals surface area contributed by atoms with Crippen molar-refractivity contribution in [2.24, 2.45) is 0 Å². The predicted octanol–water partition coefficient (Wildman–Crippen LogP) is 5.30. The highest BCUT2D eigenvalue weighted by Gasteiger charge is 2.71. The van der Waals surface area contributed by atoms with Gasteiger partial charge in [-0.05, 0) is 13.8 Å². The summed E-state index contributed by atoms with van der Waals surface area (Å²) in [4.78, 5) is 0. The Morgan fingerprint density at radius 2 is 1.12 bits per heavy atom. The number of halogens is 6. The van der Waals surface area contributed by atoms with Gasteiger partial charge < -0.3 is 5.11 Å². The standard InChI is InChI=1S/C10H8F6O.C7H8/c1-6-3-2-4-7(5-6)8(17,9(11,12)13)10(14,15)16;1-7-5-3-2-4-6-7/h2-5,17H,1H3;2-6H,1H3. The summed E-state index contributed by atoms with van der Waals surface area (Å²) < 4.78 is 74.7. The van der Waals surface area contributed by atoms with Crippen LogP contribution in [0.1, 0.15) is 16.7 Å². The first-order chi connectivity index (χ1) is 10.9. The number of hydrogen-bond acceptors (Lipinski definition) is 1. The van der Waals surface area contributed by atoms with Crippen molar-refractivity contribution in [1.29, 1.82) is 0 Å².